The summed E-state index contributed by atoms with van der Waals surface area (Å²) in [5, 5.41) is 8.69. The van der Waals surface area contributed by atoms with E-state index in [1.165, 1.54) is 12.4 Å². The van der Waals surface area contributed by atoms with Crippen molar-refractivity contribution in [1.82, 2.24) is 19.5 Å². The van der Waals surface area contributed by atoms with Crippen LogP contribution in [0.15, 0.2) is 24.7 Å². The molecule has 0 atom stereocenters. The molecule has 86 valence electrons. The molecule has 0 aliphatic carbocycles. The molecule has 2 aromatic rings. The maximum absolute atomic E-state index is 12.4. The highest BCUT2D eigenvalue weighted by Gasteiger charge is 2.33. The third-order valence-electron chi connectivity index (χ3n) is 1.89. The van der Waals surface area contributed by atoms with E-state index in [0.29, 0.717) is 0 Å². The van der Waals surface area contributed by atoms with Crippen molar-refractivity contribution in [3.05, 3.63) is 36.2 Å². The van der Waals surface area contributed by atoms with Gasteiger partial charge in [-0.25, -0.2) is 15.0 Å². The quantitative estimate of drug-likeness (QED) is 0.757. The van der Waals surface area contributed by atoms with E-state index in [0.717, 1.165) is 16.8 Å². The van der Waals surface area contributed by atoms with Gasteiger partial charge in [0.2, 0.25) is 11.8 Å². The van der Waals surface area contributed by atoms with Gasteiger partial charge in [0, 0.05) is 18.6 Å². The van der Waals surface area contributed by atoms with Crippen molar-refractivity contribution in [1.29, 1.82) is 5.26 Å². The van der Waals surface area contributed by atoms with Gasteiger partial charge in [-0.15, -0.1) is 0 Å². The van der Waals surface area contributed by atoms with Gasteiger partial charge in [-0.1, -0.05) is 0 Å². The molecular weight excluding hydrogens is 235 g/mol. The van der Waals surface area contributed by atoms with Crippen molar-refractivity contribution in [2.24, 2.45) is 0 Å². The molecule has 0 radical (unpaired) electrons. The van der Waals surface area contributed by atoms with Gasteiger partial charge in [0.05, 0.1) is 0 Å². The molecule has 0 saturated carbocycles. The monoisotopic (exact) mass is 239 g/mol. The van der Waals surface area contributed by atoms with Crippen LogP contribution in [0.1, 0.15) is 11.5 Å². The fourth-order valence-electron chi connectivity index (χ4n) is 1.17. The summed E-state index contributed by atoms with van der Waals surface area (Å²) in [5.74, 6) is -0.321. The van der Waals surface area contributed by atoms with Gasteiger partial charge in [-0.05, 0) is 6.07 Å². The van der Waals surface area contributed by atoms with Gasteiger partial charge in [-0.2, -0.15) is 18.4 Å². The highest BCUT2D eigenvalue weighted by atomic mass is 19.4. The molecule has 8 heteroatoms. The Morgan fingerprint density at radius 1 is 1.24 bits per heavy atom. The summed E-state index contributed by atoms with van der Waals surface area (Å²) in [6.07, 6.45) is -0.979. The second-order valence-electron chi connectivity index (χ2n) is 2.97. The van der Waals surface area contributed by atoms with Crippen LogP contribution >= 0.6 is 0 Å². The van der Waals surface area contributed by atoms with Crippen LogP contribution in [-0.2, 0) is 6.18 Å². The Bertz CT molecular complexity index is 581. The Balaban J connectivity index is 2.52. The minimum atomic E-state index is -4.55. The molecule has 0 aliphatic rings. The summed E-state index contributed by atoms with van der Waals surface area (Å²) < 4.78 is 38.3. The number of hydrogen-bond acceptors (Lipinski definition) is 4. The predicted molar refractivity (Wildman–Crippen MR) is 48.9 cm³/mol. The largest absolute Gasteiger partial charge is 0.433 e. The maximum Gasteiger partial charge on any atom is 0.433 e. The van der Waals surface area contributed by atoms with E-state index in [-0.39, 0.29) is 11.8 Å². The van der Waals surface area contributed by atoms with Crippen molar-refractivity contribution in [3.8, 4) is 12.0 Å². The van der Waals surface area contributed by atoms with Crippen LogP contribution in [0, 0.1) is 11.3 Å². The first-order valence-corrected chi connectivity index (χ1v) is 4.36. The summed E-state index contributed by atoms with van der Waals surface area (Å²) in [6.45, 7) is 0. The van der Waals surface area contributed by atoms with E-state index in [1.807, 2.05) is 0 Å². The van der Waals surface area contributed by atoms with Crippen LogP contribution in [0.25, 0.3) is 5.95 Å². The van der Waals surface area contributed by atoms with Crippen LogP contribution in [0.5, 0.6) is 0 Å². The number of nitriles is 1. The van der Waals surface area contributed by atoms with Crippen LogP contribution in [0.4, 0.5) is 13.2 Å². The Morgan fingerprint density at radius 2 is 2.00 bits per heavy atom. The lowest BCUT2D eigenvalue weighted by Crippen LogP contribution is -2.12. The lowest BCUT2D eigenvalue weighted by Gasteiger charge is -2.07. The number of aromatic nitrogens is 4. The Morgan fingerprint density at radius 3 is 2.65 bits per heavy atom. The van der Waals surface area contributed by atoms with Crippen molar-refractivity contribution in [2.45, 2.75) is 6.18 Å². The van der Waals surface area contributed by atoms with Crippen LogP contribution < -0.4 is 0 Å². The van der Waals surface area contributed by atoms with Gasteiger partial charge >= 0.3 is 6.18 Å². The fraction of sp³-hybridized carbons (Fsp3) is 0.111. The maximum atomic E-state index is 12.4. The number of alkyl halides is 3. The smallest absolute Gasteiger partial charge is 0.259 e. The number of rotatable bonds is 1. The molecule has 2 aromatic heterocycles. The minimum Gasteiger partial charge on any atom is -0.259 e. The lowest BCUT2D eigenvalue weighted by atomic mass is 10.4. The normalized spacial score (nSPS) is 11.2. The van der Waals surface area contributed by atoms with Gasteiger partial charge in [0.25, 0.3) is 0 Å². The van der Waals surface area contributed by atoms with Crippen molar-refractivity contribution in [3.63, 3.8) is 0 Å². The summed E-state index contributed by atoms with van der Waals surface area (Å²) >= 11 is 0. The zero-order valence-corrected chi connectivity index (χ0v) is 8.18. The second-order valence-corrected chi connectivity index (χ2v) is 2.97. The second kappa shape index (κ2) is 3.86. The molecule has 2 rings (SSSR count). The summed E-state index contributed by atoms with van der Waals surface area (Å²) in [4.78, 5) is 10.6. The van der Waals surface area contributed by atoms with Crippen LogP contribution in [-0.4, -0.2) is 19.5 Å². The zero-order valence-electron chi connectivity index (χ0n) is 8.18. The van der Waals surface area contributed by atoms with Gasteiger partial charge in [-0.3, -0.25) is 4.57 Å². The zero-order chi connectivity index (χ0) is 12.5. The first-order chi connectivity index (χ1) is 8.02. The van der Waals surface area contributed by atoms with Crippen LogP contribution in [0.3, 0.4) is 0 Å². The third-order valence-corrected chi connectivity index (χ3v) is 1.89. The van der Waals surface area contributed by atoms with Crippen molar-refractivity contribution >= 4 is 0 Å². The first kappa shape index (κ1) is 11.1. The van der Waals surface area contributed by atoms with E-state index in [4.69, 9.17) is 5.26 Å². The molecule has 0 spiro atoms. The van der Waals surface area contributed by atoms with Crippen LogP contribution in [0.2, 0.25) is 0 Å². The minimum absolute atomic E-state index is 0.0793. The summed E-state index contributed by atoms with van der Waals surface area (Å²) in [7, 11) is 0. The third kappa shape index (κ3) is 2.08. The first-order valence-electron chi connectivity index (χ1n) is 4.36. The van der Waals surface area contributed by atoms with Gasteiger partial charge < -0.3 is 0 Å². The van der Waals surface area contributed by atoms with Gasteiger partial charge in [0.1, 0.15) is 11.8 Å². The number of hydrogen-bond donors (Lipinski definition) is 0. The van der Waals surface area contributed by atoms with Crippen molar-refractivity contribution in [2.75, 3.05) is 0 Å². The number of nitrogens with zero attached hydrogens (tertiary/aromatic N) is 5. The average molecular weight is 239 g/mol. The Labute approximate surface area is 93.2 Å². The molecule has 17 heavy (non-hydrogen) atoms. The standard InChI is InChI=1S/C9H4F3N5/c10-9(11,12)6-1-2-15-8(16-6)17-4-3-14-7(17)5-13/h1-4H. The molecule has 0 unspecified atom stereocenters. The highest BCUT2D eigenvalue weighted by Crippen LogP contribution is 2.27. The van der Waals surface area contributed by atoms with E-state index >= 15 is 0 Å². The molecule has 2 heterocycles. The molecule has 5 nitrogen and oxygen atoms in total. The molecule has 0 N–H and O–H groups in total. The molecular formula is C9H4F3N5. The van der Waals surface area contributed by atoms with E-state index in [1.54, 1.807) is 6.07 Å². The molecule has 0 saturated heterocycles. The summed E-state index contributed by atoms with van der Waals surface area (Å²) in [6, 6.07) is 2.48. The average Bonchev–Trinajstić information content (AvgIpc) is 2.76. The molecule has 0 fully saturated rings. The fourth-order valence-corrected chi connectivity index (χ4v) is 1.17. The van der Waals surface area contributed by atoms with E-state index < -0.39 is 11.9 Å². The molecule has 0 bridgehead atoms. The lowest BCUT2D eigenvalue weighted by molar-refractivity contribution is -0.141. The molecule has 0 aliphatic heterocycles. The van der Waals surface area contributed by atoms with E-state index in [9.17, 15) is 13.2 Å². The number of imidazole rings is 1. The number of halogens is 3. The predicted octanol–water partition coefficient (Wildman–Crippen LogP) is 1.55. The molecule has 0 aromatic carbocycles. The summed E-state index contributed by atoms with van der Waals surface area (Å²) in [5.41, 5.74) is -1.07. The SMILES string of the molecule is N#Cc1nccn1-c1nccc(C(F)(F)F)n1. The Hall–Kier alpha value is -2.43. The molecule has 0 amide bonds. The Kier molecular flexibility index (Phi) is 2.51. The topological polar surface area (TPSA) is 67.4 Å². The van der Waals surface area contributed by atoms with E-state index in [2.05, 4.69) is 15.0 Å². The highest BCUT2D eigenvalue weighted by molar-refractivity contribution is 5.24. The van der Waals surface area contributed by atoms with Gasteiger partial charge in [0.15, 0.2) is 0 Å². The van der Waals surface area contributed by atoms with Crippen molar-refractivity contribution < 1.29 is 13.2 Å².